The van der Waals surface area contributed by atoms with Gasteiger partial charge in [-0.15, -0.1) is 10.2 Å². The number of carbonyl (C=O) groups excluding carboxylic acids is 1. The molecule has 7 heteroatoms. The van der Waals surface area contributed by atoms with Crippen molar-refractivity contribution in [1.29, 1.82) is 0 Å². The number of anilines is 2. The van der Waals surface area contributed by atoms with Crippen LogP contribution in [-0.4, -0.2) is 35.2 Å². The first kappa shape index (κ1) is 21.5. The van der Waals surface area contributed by atoms with Crippen LogP contribution in [0.15, 0.2) is 54.6 Å². The molecule has 33 heavy (non-hydrogen) atoms. The Labute approximate surface area is 192 Å². The van der Waals surface area contributed by atoms with Gasteiger partial charge >= 0.3 is 0 Å². The third kappa shape index (κ3) is 4.32. The van der Waals surface area contributed by atoms with Crippen LogP contribution in [0.5, 0.6) is 0 Å². The molecule has 2 aliphatic heterocycles. The Hall–Kier alpha value is -3.35. The van der Waals surface area contributed by atoms with Crippen molar-refractivity contribution < 1.29 is 13.6 Å². The Balaban J connectivity index is 1.25. The molecule has 2 aromatic carbocycles. The zero-order chi connectivity index (χ0) is 22.9. The van der Waals surface area contributed by atoms with Gasteiger partial charge in [0.25, 0.3) is 0 Å². The Kier molecular flexibility index (Phi) is 5.79. The minimum Gasteiger partial charge on any atom is -0.355 e. The maximum absolute atomic E-state index is 13.7. The molecule has 5 nitrogen and oxygen atoms in total. The Morgan fingerprint density at radius 1 is 0.909 bits per heavy atom. The number of piperidine rings is 1. The molecule has 3 aromatic rings. The molecule has 1 atom stereocenters. The van der Waals surface area contributed by atoms with Crippen molar-refractivity contribution in [1.82, 2.24) is 10.2 Å². The number of benzene rings is 2. The number of fused-ring (bicyclic) bond motifs is 1. The molecule has 1 amide bonds. The average molecular weight is 449 g/mol. The summed E-state index contributed by atoms with van der Waals surface area (Å²) in [5, 5.41) is 8.67. The molecule has 170 valence electrons. The minimum atomic E-state index is -0.282. The fraction of sp³-hybridized carbons (Fsp3) is 0.346. The SMILES string of the molecule is CC1CCc2cc(F)ccc2N1C(=O)C1CCN(c2ccc(-c3ccc(F)cc3)nn2)CC1. The van der Waals surface area contributed by atoms with Crippen LogP contribution in [0.4, 0.5) is 20.3 Å². The van der Waals surface area contributed by atoms with Gasteiger partial charge in [0.05, 0.1) is 5.69 Å². The fourth-order valence-corrected chi connectivity index (χ4v) is 4.88. The summed E-state index contributed by atoms with van der Waals surface area (Å²) >= 11 is 0. The van der Waals surface area contributed by atoms with Gasteiger partial charge in [0.1, 0.15) is 11.6 Å². The summed E-state index contributed by atoms with van der Waals surface area (Å²) in [5.41, 5.74) is 3.27. The standard InChI is InChI=1S/C26H26F2N4O/c1-17-2-3-20-16-22(28)8-10-24(20)32(17)26(33)19-12-14-31(15-13-19)25-11-9-23(29-30-25)18-4-6-21(27)7-5-18/h4-11,16-17,19H,2-3,12-15H2,1H3. The summed E-state index contributed by atoms with van der Waals surface area (Å²) in [4.78, 5) is 17.5. The molecule has 0 radical (unpaired) electrons. The van der Waals surface area contributed by atoms with Crippen LogP contribution in [0.25, 0.3) is 11.3 Å². The zero-order valence-electron chi connectivity index (χ0n) is 18.5. The minimum absolute atomic E-state index is 0.0637. The number of rotatable bonds is 3. The normalized spacial score (nSPS) is 18.8. The van der Waals surface area contributed by atoms with Crippen molar-refractivity contribution in [2.24, 2.45) is 5.92 Å². The van der Waals surface area contributed by atoms with E-state index < -0.39 is 0 Å². The van der Waals surface area contributed by atoms with Gasteiger partial charge in [-0.25, -0.2) is 8.78 Å². The van der Waals surface area contributed by atoms with Gasteiger partial charge in [-0.2, -0.15) is 0 Å². The van der Waals surface area contributed by atoms with E-state index in [4.69, 9.17) is 0 Å². The molecule has 0 spiro atoms. The van der Waals surface area contributed by atoms with Gasteiger partial charge in [-0.05, 0) is 92.8 Å². The van der Waals surface area contributed by atoms with Crippen molar-refractivity contribution in [2.45, 2.75) is 38.6 Å². The summed E-state index contributed by atoms with van der Waals surface area (Å²) in [6.07, 6.45) is 3.11. The van der Waals surface area contributed by atoms with Crippen molar-refractivity contribution in [3.63, 3.8) is 0 Å². The van der Waals surface area contributed by atoms with E-state index in [1.54, 1.807) is 24.3 Å². The van der Waals surface area contributed by atoms with E-state index in [1.807, 2.05) is 17.0 Å². The molecular formula is C26H26F2N4O. The first-order valence-electron chi connectivity index (χ1n) is 11.5. The molecule has 0 saturated carbocycles. The van der Waals surface area contributed by atoms with Crippen molar-refractivity contribution >= 4 is 17.4 Å². The highest BCUT2D eigenvalue weighted by Gasteiger charge is 2.34. The first-order chi connectivity index (χ1) is 16.0. The predicted octanol–water partition coefficient (Wildman–Crippen LogP) is 5.01. The summed E-state index contributed by atoms with van der Waals surface area (Å²) < 4.78 is 26.8. The molecule has 1 saturated heterocycles. The number of amides is 1. The van der Waals surface area contributed by atoms with Crippen LogP contribution in [0.1, 0.15) is 31.7 Å². The number of aromatic nitrogens is 2. The largest absolute Gasteiger partial charge is 0.355 e. The highest BCUT2D eigenvalue weighted by atomic mass is 19.1. The molecule has 1 fully saturated rings. The monoisotopic (exact) mass is 448 g/mol. The third-order valence-electron chi connectivity index (χ3n) is 6.77. The van der Waals surface area contributed by atoms with E-state index in [0.29, 0.717) is 5.69 Å². The smallest absolute Gasteiger partial charge is 0.230 e. The lowest BCUT2D eigenvalue weighted by Crippen LogP contribution is -2.48. The molecule has 1 unspecified atom stereocenters. The highest BCUT2D eigenvalue weighted by molar-refractivity contribution is 5.97. The molecule has 0 bridgehead atoms. The van der Waals surface area contributed by atoms with Gasteiger partial charge in [-0.1, -0.05) is 0 Å². The number of hydrogen-bond acceptors (Lipinski definition) is 4. The van der Waals surface area contributed by atoms with Crippen LogP contribution < -0.4 is 9.80 Å². The Morgan fingerprint density at radius 2 is 1.64 bits per heavy atom. The number of hydrogen-bond donors (Lipinski definition) is 0. The number of nitrogens with zero attached hydrogens (tertiary/aromatic N) is 4. The molecule has 5 rings (SSSR count). The topological polar surface area (TPSA) is 49.3 Å². The van der Waals surface area contributed by atoms with Gasteiger partial charge in [0.15, 0.2) is 5.82 Å². The van der Waals surface area contributed by atoms with Gasteiger partial charge < -0.3 is 9.80 Å². The van der Waals surface area contributed by atoms with E-state index in [9.17, 15) is 13.6 Å². The maximum Gasteiger partial charge on any atom is 0.230 e. The van der Waals surface area contributed by atoms with Crippen LogP contribution in [0, 0.1) is 17.6 Å². The number of halogens is 2. The average Bonchev–Trinajstić information content (AvgIpc) is 2.84. The maximum atomic E-state index is 13.7. The Morgan fingerprint density at radius 3 is 2.33 bits per heavy atom. The van der Waals surface area contributed by atoms with Crippen LogP contribution in [0.3, 0.4) is 0 Å². The Bertz CT molecular complexity index is 1140. The van der Waals surface area contributed by atoms with Gasteiger partial charge in [-0.3, -0.25) is 4.79 Å². The van der Waals surface area contributed by atoms with Crippen LogP contribution in [-0.2, 0) is 11.2 Å². The van der Waals surface area contributed by atoms with E-state index in [0.717, 1.165) is 61.4 Å². The number of carbonyl (C=O) groups is 1. The lowest BCUT2D eigenvalue weighted by atomic mass is 9.90. The predicted molar refractivity (Wildman–Crippen MR) is 124 cm³/mol. The lowest BCUT2D eigenvalue weighted by molar-refractivity contribution is -0.123. The molecule has 1 aromatic heterocycles. The summed E-state index contributed by atoms with van der Waals surface area (Å²) in [7, 11) is 0. The zero-order valence-corrected chi connectivity index (χ0v) is 18.5. The van der Waals surface area contributed by atoms with Gasteiger partial charge in [0.2, 0.25) is 5.91 Å². The first-order valence-corrected chi connectivity index (χ1v) is 11.5. The third-order valence-corrected chi connectivity index (χ3v) is 6.77. The van der Waals surface area contributed by atoms with Crippen molar-refractivity contribution in [2.75, 3.05) is 22.9 Å². The van der Waals surface area contributed by atoms with E-state index in [-0.39, 0.29) is 29.5 Å². The molecular weight excluding hydrogens is 422 g/mol. The molecule has 0 N–H and O–H groups in total. The van der Waals surface area contributed by atoms with E-state index in [2.05, 4.69) is 22.0 Å². The van der Waals surface area contributed by atoms with E-state index >= 15 is 0 Å². The second kappa shape index (κ2) is 8.89. The summed E-state index contributed by atoms with van der Waals surface area (Å²) in [6.45, 7) is 3.51. The van der Waals surface area contributed by atoms with Crippen LogP contribution in [0.2, 0.25) is 0 Å². The number of aryl methyl sites for hydroxylation is 1. The van der Waals surface area contributed by atoms with Crippen LogP contribution >= 0.6 is 0 Å². The highest BCUT2D eigenvalue weighted by Crippen LogP contribution is 2.34. The fourth-order valence-electron chi connectivity index (χ4n) is 4.88. The van der Waals surface area contributed by atoms with Gasteiger partial charge in [0, 0.05) is 36.3 Å². The quantitative estimate of drug-likeness (QED) is 0.566. The summed E-state index contributed by atoms with van der Waals surface area (Å²) in [5.74, 6) is 0.309. The molecule has 2 aliphatic rings. The van der Waals surface area contributed by atoms with Crippen molar-refractivity contribution in [3.8, 4) is 11.3 Å². The summed E-state index contributed by atoms with van der Waals surface area (Å²) in [6, 6.07) is 14.8. The lowest BCUT2D eigenvalue weighted by Gasteiger charge is -2.39. The second-order valence-electron chi connectivity index (χ2n) is 8.91. The molecule has 0 aliphatic carbocycles. The molecule has 3 heterocycles. The van der Waals surface area contributed by atoms with E-state index in [1.165, 1.54) is 18.2 Å². The second-order valence-corrected chi connectivity index (χ2v) is 8.91. The van der Waals surface area contributed by atoms with Crippen molar-refractivity contribution in [3.05, 3.63) is 71.8 Å².